The molecule has 0 aliphatic heterocycles. The van der Waals surface area contributed by atoms with E-state index in [1.165, 1.54) is 0 Å². The van der Waals surface area contributed by atoms with Crippen molar-refractivity contribution in [3.63, 3.8) is 0 Å². The van der Waals surface area contributed by atoms with Gasteiger partial charge in [-0.3, -0.25) is 0 Å². The van der Waals surface area contributed by atoms with Crippen LogP contribution in [0, 0.1) is 11.3 Å². The number of urea groups is 1. The van der Waals surface area contributed by atoms with Crippen molar-refractivity contribution < 1.29 is 9.90 Å². The zero-order valence-corrected chi connectivity index (χ0v) is 12.6. The van der Waals surface area contributed by atoms with E-state index < -0.39 is 6.10 Å². The minimum atomic E-state index is -0.426. The van der Waals surface area contributed by atoms with E-state index in [0.29, 0.717) is 6.54 Å². The van der Waals surface area contributed by atoms with Crippen LogP contribution in [0.4, 0.5) is 4.79 Å². The Morgan fingerprint density at radius 1 is 1.42 bits per heavy atom. The SMILES string of the molecule is CC(C)[C@@H](O)C(C)(C)CNC(=O)N[C@@H]1CC=CCC1. The average Bonchev–Trinajstić information content (AvgIpc) is 2.36. The molecule has 2 amide bonds. The number of hydrogen-bond donors (Lipinski definition) is 3. The molecule has 1 aliphatic carbocycles. The topological polar surface area (TPSA) is 61.4 Å². The second kappa shape index (κ2) is 6.94. The summed E-state index contributed by atoms with van der Waals surface area (Å²) in [6.07, 6.45) is 6.78. The summed E-state index contributed by atoms with van der Waals surface area (Å²) < 4.78 is 0. The normalized spacial score (nSPS) is 21.3. The lowest BCUT2D eigenvalue weighted by molar-refractivity contribution is 0.0151. The van der Waals surface area contributed by atoms with E-state index in [-0.39, 0.29) is 23.4 Å². The summed E-state index contributed by atoms with van der Waals surface area (Å²) in [6.45, 7) is 8.39. The fourth-order valence-corrected chi connectivity index (χ4v) is 2.48. The Bertz CT molecular complexity index is 324. The number of hydrogen-bond acceptors (Lipinski definition) is 2. The summed E-state index contributed by atoms with van der Waals surface area (Å²) in [5.41, 5.74) is -0.321. The van der Waals surface area contributed by atoms with Crippen LogP contribution in [-0.4, -0.2) is 29.8 Å². The highest BCUT2D eigenvalue weighted by atomic mass is 16.3. The second-order valence-electron chi connectivity index (χ2n) is 6.49. The van der Waals surface area contributed by atoms with Gasteiger partial charge in [-0.05, 0) is 25.2 Å². The van der Waals surface area contributed by atoms with Crippen molar-refractivity contribution in [1.29, 1.82) is 0 Å². The summed E-state index contributed by atoms with van der Waals surface area (Å²) in [5, 5.41) is 16.0. The van der Waals surface area contributed by atoms with Crippen molar-refractivity contribution in [3.8, 4) is 0 Å². The van der Waals surface area contributed by atoms with E-state index >= 15 is 0 Å². The molecule has 0 radical (unpaired) electrons. The predicted octanol–water partition coefficient (Wildman–Crippen LogP) is 2.44. The molecule has 0 bridgehead atoms. The van der Waals surface area contributed by atoms with E-state index in [2.05, 4.69) is 22.8 Å². The lowest BCUT2D eigenvalue weighted by Crippen LogP contribution is -2.48. The van der Waals surface area contributed by atoms with Gasteiger partial charge >= 0.3 is 6.03 Å². The molecule has 19 heavy (non-hydrogen) atoms. The zero-order chi connectivity index (χ0) is 14.5. The van der Waals surface area contributed by atoms with E-state index in [1.54, 1.807) is 0 Å². The Morgan fingerprint density at radius 3 is 2.63 bits per heavy atom. The van der Waals surface area contributed by atoms with E-state index in [1.807, 2.05) is 27.7 Å². The third-order valence-corrected chi connectivity index (χ3v) is 3.74. The van der Waals surface area contributed by atoms with E-state index in [4.69, 9.17) is 0 Å². The van der Waals surface area contributed by atoms with Gasteiger partial charge in [0.05, 0.1) is 6.10 Å². The molecule has 0 unspecified atom stereocenters. The van der Waals surface area contributed by atoms with Crippen molar-refractivity contribution in [3.05, 3.63) is 12.2 Å². The van der Waals surface area contributed by atoms with Gasteiger partial charge in [0.25, 0.3) is 0 Å². The molecule has 2 atom stereocenters. The molecule has 0 heterocycles. The van der Waals surface area contributed by atoms with Crippen LogP contribution in [0.25, 0.3) is 0 Å². The van der Waals surface area contributed by atoms with Gasteiger partial charge in [0.1, 0.15) is 0 Å². The van der Waals surface area contributed by atoms with Crippen LogP contribution >= 0.6 is 0 Å². The minimum absolute atomic E-state index is 0.135. The Hall–Kier alpha value is -1.03. The van der Waals surface area contributed by atoms with Crippen molar-refractivity contribution in [1.82, 2.24) is 10.6 Å². The van der Waals surface area contributed by atoms with Crippen molar-refractivity contribution in [2.24, 2.45) is 11.3 Å². The first-order chi connectivity index (χ1) is 8.83. The molecule has 110 valence electrons. The van der Waals surface area contributed by atoms with Crippen molar-refractivity contribution in [2.45, 2.75) is 59.1 Å². The van der Waals surface area contributed by atoms with E-state index in [0.717, 1.165) is 19.3 Å². The lowest BCUT2D eigenvalue weighted by atomic mass is 9.81. The molecule has 0 saturated carbocycles. The smallest absolute Gasteiger partial charge is 0.315 e. The summed E-state index contributed by atoms with van der Waals surface area (Å²) in [6, 6.07) is 0.104. The molecule has 0 saturated heterocycles. The molecular formula is C15H28N2O2. The van der Waals surface area contributed by atoms with Gasteiger partial charge < -0.3 is 15.7 Å². The highest BCUT2D eigenvalue weighted by Crippen LogP contribution is 2.25. The molecule has 0 aromatic carbocycles. The van der Waals surface area contributed by atoms with Gasteiger partial charge in [0.2, 0.25) is 0 Å². The fourth-order valence-electron chi connectivity index (χ4n) is 2.48. The molecule has 1 aliphatic rings. The van der Waals surface area contributed by atoms with Crippen molar-refractivity contribution in [2.75, 3.05) is 6.54 Å². The van der Waals surface area contributed by atoms with Gasteiger partial charge in [-0.1, -0.05) is 39.8 Å². The fraction of sp³-hybridized carbons (Fsp3) is 0.800. The highest BCUT2D eigenvalue weighted by Gasteiger charge is 2.30. The number of amides is 2. The Morgan fingerprint density at radius 2 is 2.11 bits per heavy atom. The molecular weight excluding hydrogens is 240 g/mol. The van der Waals surface area contributed by atoms with Gasteiger partial charge in [-0.25, -0.2) is 4.79 Å². The molecule has 3 N–H and O–H groups in total. The first-order valence-electron chi connectivity index (χ1n) is 7.20. The third kappa shape index (κ3) is 5.23. The lowest BCUT2D eigenvalue weighted by Gasteiger charge is -2.33. The van der Waals surface area contributed by atoms with Gasteiger partial charge in [0.15, 0.2) is 0 Å². The number of carbonyl (C=O) groups is 1. The van der Waals surface area contributed by atoms with Crippen LogP contribution in [0.1, 0.15) is 47.0 Å². The molecule has 4 nitrogen and oxygen atoms in total. The zero-order valence-electron chi connectivity index (χ0n) is 12.6. The predicted molar refractivity (Wildman–Crippen MR) is 77.9 cm³/mol. The van der Waals surface area contributed by atoms with Gasteiger partial charge in [-0.15, -0.1) is 0 Å². The summed E-state index contributed by atoms with van der Waals surface area (Å²) in [5.74, 6) is 0.184. The molecule has 4 heteroatoms. The number of rotatable bonds is 5. The highest BCUT2D eigenvalue weighted by molar-refractivity contribution is 5.74. The largest absolute Gasteiger partial charge is 0.392 e. The monoisotopic (exact) mass is 268 g/mol. The van der Waals surface area contributed by atoms with Crippen LogP contribution in [0.15, 0.2) is 12.2 Å². The Balaban J connectivity index is 2.34. The maximum atomic E-state index is 11.8. The second-order valence-corrected chi connectivity index (χ2v) is 6.49. The maximum absolute atomic E-state index is 11.8. The number of aliphatic hydroxyl groups is 1. The first-order valence-corrected chi connectivity index (χ1v) is 7.20. The van der Waals surface area contributed by atoms with Crippen LogP contribution in [0.3, 0.4) is 0 Å². The van der Waals surface area contributed by atoms with E-state index in [9.17, 15) is 9.90 Å². The molecule has 0 aromatic rings. The third-order valence-electron chi connectivity index (χ3n) is 3.74. The summed E-state index contributed by atoms with van der Waals surface area (Å²) in [4.78, 5) is 11.8. The quantitative estimate of drug-likeness (QED) is 0.671. The number of aliphatic hydroxyl groups excluding tert-OH is 1. The van der Waals surface area contributed by atoms with Crippen molar-refractivity contribution >= 4 is 6.03 Å². The Kier molecular flexibility index (Phi) is 5.85. The molecule has 0 aromatic heterocycles. The van der Waals surface area contributed by atoms with Gasteiger partial charge in [0, 0.05) is 18.0 Å². The molecule has 1 rings (SSSR count). The van der Waals surface area contributed by atoms with Crippen LogP contribution in [0.5, 0.6) is 0 Å². The minimum Gasteiger partial charge on any atom is -0.392 e. The first kappa shape index (κ1) is 16.0. The number of allylic oxidation sites excluding steroid dienone is 1. The number of nitrogens with one attached hydrogen (secondary N) is 2. The van der Waals surface area contributed by atoms with Crippen LogP contribution in [-0.2, 0) is 0 Å². The average molecular weight is 268 g/mol. The number of carbonyl (C=O) groups excluding carboxylic acids is 1. The standard InChI is InChI=1S/C15H28N2O2/c1-11(2)13(18)15(3,4)10-16-14(19)17-12-8-6-5-7-9-12/h5-6,11-13,18H,7-10H2,1-4H3,(H2,16,17,19)/t12-,13-/m1/s1. The summed E-state index contributed by atoms with van der Waals surface area (Å²) >= 11 is 0. The maximum Gasteiger partial charge on any atom is 0.315 e. The van der Waals surface area contributed by atoms with Crippen LogP contribution < -0.4 is 10.6 Å². The molecule has 0 fully saturated rings. The van der Waals surface area contributed by atoms with Crippen LogP contribution in [0.2, 0.25) is 0 Å². The Labute approximate surface area is 116 Å². The summed E-state index contributed by atoms with van der Waals surface area (Å²) in [7, 11) is 0. The van der Waals surface area contributed by atoms with Gasteiger partial charge in [-0.2, -0.15) is 0 Å². The molecule has 0 spiro atoms.